The number of furan rings is 1. The molecule has 3 aromatic heterocycles. The summed E-state index contributed by atoms with van der Waals surface area (Å²) in [5, 5.41) is 2.09. The van der Waals surface area contributed by atoms with Gasteiger partial charge in [-0.05, 0) is 46.0 Å². The van der Waals surface area contributed by atoms with Crippen molar-refractivity contribution in [3.05, 3.63) is 224 Å². The van der Waals surface area contributed by atoms with Crippen molar-refractivity contribution in [2.24, 2.45) is 0 Å². The second-order valence-corrected chi connectivity index (χ2v) is 15.1. The molecule has 0 aliphatic rings. The fourth-order valence-corrected chi connectivity index (χ4v) is 8.28. The molecule has 0 aliphatic heterocycles. The zero-order valence-corrected chi connectivity index (χ0v) is 33.1. The smallest absolute Gasteiger partial charge is 0.162 e. The number of nitrogens with zero attached hydrogens (tertiary/aromatic N) is 3. The summed E-state index contributed by atoms with van der Waals surface area (Å²) in [6.45, 7) is 0. The average Bonchev–Trinajstić information content (AvgIpc) is 3.76. The van der Waals surface area contributed by atoms with Crippen molar-refractivity contribution in [1.82, 2.24) is 15.0 Å². The van der Waals surface area contributed by atoms with Crippen LogP contribution in [0.5, 0.6) is 0 Å². The van der Waals surface area contributed by atoms with E-state index in [-0.39, 0.29) is 0 Å². The number of para-hydroxylation sites is 1. The topological polar surface area (TPSA) is 51.8 Å². The maximum Gasteiger partial charge on any atom is 0.162 e. The normalized spacial score (nSPS) is 11.3. The molecule has 4 nitrogen and oxygen atoms in total. The van der Waals surface area contributed by atoms with Crippen LogP contribution in [0.2, 0.25) is 0 Å². The van der Waals surface area contributed by atoms with Gasteiger partial charge >= 0.3 is 0 Å². The fraction of sp³-hybridized carbons (Fsp3) is 0. The molecule has 0 atom stereocenters. The van der Waals surface area contributed by atoms with Gasteiger partial charge in [-0.25, -0.2) is 15.0 Å². The quantitative estimate of drug-likeness (QED) is 0.154. The molecule has 0 unspecified atom stereocenters. The highest BCUT2D eigenvalue weighted by Gasteiger charge is 2.24. The number of aromatic nitrogens is 3. The van der Waals surface area contributed by atoms with Crippen LogP contribution in [0.1, 0.15) is 0 Å². The van der Waals surface area contributed by atoms with Crippen LogP contribution in [0.15, 0.2) is 229 Å². The second-order valence-electron chi connectivity index (χ2n) is 15.1. The molecule has 8 aromatic carbocycles. The summed E-state index contributed by atoms with van der Waals surface area (Å²) in [7, 11) is 0. The van der Waals surface area contributed by atoms with Gasteiger partial charge in [-0.2, -0.15) is 0 Å². The molecule has 0 bridgehead atoms. The third kappa shape index (κ3) is 6.86. The molecule has 0 aliphatic carbocycles. The van der Waals surface area contributed by atoms with E-state index in [9.17, 15) is 0 Å². The number of hydrogen-bond donors (Lipinski definition) is 0. The standard InChI is InChI=1S/C57H37N3O/c1-5-16-38(17-6-1)40-28-32-42(33-29-40)50-37-51(60-57(59-50)45-34-30-41(31-35-45)39-18-7-2-8-19-39)46-24-15-25-47(36-46)54-56-53(48-26-13-14-27-49(48)58-54)52(43-20-9-3-10-21-43)55(61-56)44-22-11-4-12-23-44/h1-37H. The first-order valence-corrected chi connectivity index (χ1v) is 20.5. The van der Waals surface area contributed by atoms with Crippen LogP contribution in [0, 0.1) is 0 Å². The molecule has 0 saturated heterocycles. The lowest BCUT2D eigenvalue weighted by atomic mass is 9.95. The maximum absolute atomic E-state index is 7.03. The Labute approximate surface area is 354 Å². The van der Waals surface area contributed by atoms with Crippen molar-refractivity contribution in [2.45, 2.75) is 0 Å². The predicted molar refractivity (Wildman–Crippen MR) is 251 cm³/mol. The van der Waals surface area contributed by atoms with Crippen LogP contribution >= 0.6 is 0 Å². The summed E-state index contributed by atoms with van der Waals surface area (Å²) in [4.78, 5) is 15.8. The monoisotopic (exact) mass is 779 g/mol. The second kappa shape index (κ2) is 15.5. The zero-order chi connectivity index (χ0) is 40.5. The lowest BCUT2D eigenvalue weighted by molar-refractivity contribution is 0.632. The van der Waals surface area contributed by atoms with Gasteiger partial charge in [0.15, 0.2) is 11.4 Å². The van der Waals surface area contributed by atoms with Gasteiger partial charge in [0.05, 0.1) is 16.9 Å². The summed E-state index contributed by atoms with van der Waals surface area (Å²) in [5.74, 6) is 1.47. The van der Waals surface area contributed by atoms with Gasteiger partial charge < -0.3 is 4.42 Å². The molecule has 286 valence electrons. The van der Waals surface area contributed by atoms with Crippen molar-refractivity contribution in [1.29, 1.82) is 0 Å². The molecular formula is C57H37N3O. The molecule has 0 saturated carbocycles. The number of pyridine rings is 1. The summed E-state index contributed by atoms with van der Waals surface area (Å²) in [6, 6.07) is 77.8. The molecule has 0 radical (unpaired) electrons. The van der Waals surface area contributed by atoms with Crippen LogP contribution in [0.3, 0.4) is 0 Å². The molecule has 4 heteroatoms. The Morgan fingerprint density at radius 3 is 1.39 bits per heavy atom. The Morgan fingerprint density at radius 2 is 0.770 bits per heavy atom. The third-order valence-corrected chi connectivity index (χ3v) is 11.3. The van der Waals surface area contributed by atoms with Crippen molar-refractivity contribution in [2.75, 3.05) is 0 Å². The average molecular weight is 780 g/mol. The van der Waals surface area contributed by atoms with E-state index in [4.69, 9.17) is 19.4 Å². The van der Waals surface area contributed by atoms with Gasteiger partial charge in [0, 0.05) is 44.2 Å². The van der Waals surface area contributed by atoms with E-state index >= 15 is 0 Å². The maximum atomic E-state index is 7.03. The molecule has 0 amide bonds. The first kappa shape index (κ1) is 35.9. The van der Waals surface area contributed by atoms with Gasteiger partial charge in [-0.1, -0.05) is 206 Å². The summed E-state index contributed by atoms with van der Waals surface area (Å²) in [6.07, 6.45) is 0. The molecule has 61 heavy (non-hydrogen) atoms. The minimum atomic E-state index is 0.655. The van der Waals surface area contributed by atoms with E-state index in [0.717, 1.165) is 94.8 Å². The molecule has 0 N–H and O–H groups in total. The van der Waals surface area contributed by atoms with Crippen molar-refractivity contribution in [3.63, 3.8) is 0 Å². The lowest BCUT2D eigenvalue weighted by Crippen LogP contribution is -1.96. The lowest BCUT2D eigenvalue weighted by Gasteiger charge is -2.12. The molecular weight excluding hydrogens is 743 g/mol. The Hall–Kier alpha value is -8.21. The third-order valence-electron chi connectivity index (χ3n) is 11.3. The molecule has 11 rings (SSSR count). The van der Waals surface area contributed by atoms with Crippen molar-refractivity contribution < 1.29 is 4.42 Å². The minimum Gasteiger partial charge on any atom is -0.453 e. The number of rotatable bonds is 8. The predicted octanol–water partition coefficient (Wildman–Crippen LogP) is 15.1. The van der Waals surface area contributed by atoms with Crippen molar-refractivity contribution >= 4 is 21.9 Å². The van der Waals surface area contributed by atoms with E-state index < -0.39 is 0 Å². The molecule has 0 fully saturated rings. The number of benzene rings is 8. The Morgan fingerprint density at radius 1 is 0.311 bits per heavy atom. The van der Waals surface area contributed by atoms with Crippen LogP contribution < -0.4 is 0 Å². The largest absolute Gasteiger partial charge is 0.453 e. The van der Waals surface area contributed by atoms with Gasteiger partial charge in [-0.3, -0.25) is 0 Å². The van der Waals surface area contributed by atoms with Crippen LogP contribution in [0.25, 0.3) is 112 Å². The van der Waals surface area contributed by atoms with Gasteiger partial charge in [0.2, 0.25) is 0 Å². The SMILES string of the molecule is c1ccc(-c2ccc(-c3cc(-c4cccc(-c5nc6ccccc6c6c(-c7ccccc7)c(-c7ccccc7)oc56)c4)nc(-c4ccc(-c5ccccc5)cc4)n3)cc2)cc1. The van der Waals surface area contributed by atoms with Crippen molar-refractivity contribution in [3.8, 4) is 89.9 Å². The number of fused-ring (bicyclic) bond motifs is 3. The van der Waals surface area contributed by atoms with E-state index in [0.29, 0.717) is 5.82 Å². The van der Waals surface area contributed by atoms with Crippen LogP contribution in [-0.4, -0.2) is 15.0 Å². The Bertz CT molecular complexity index is 3210. The summed E-state index contributed by atoms with van der Waals surface area (Å²) in [5.41, 5.74) is 15.7. The summed E-state index contributed by atoms with van der Waals surface area (Å²) >= 11 is 0. The van der Waals surface area contributed by atoms with E-state index in [1.54, 1.807) is 0 Å². The molecule has 11 aromatic rings. The zero-order valence-electron chi connectivity index (χ0n) is 33.1. The first-order valence-electron chi connectivity index (χ1n) is 20.5. The van der Waals surface area contributed by atoms with E-state index in [2.05, 4.69) is 194 Å². The molecule has 3 heterocycles. The Kier molecular flexibility index (Phi) is 9.14. The molecule has 0 spiro atoms. The minimum absolute atomic E-state index is 0.655. The number of hydrogen-bond acceptors (Lipinski definition) is 4. The van der Waals surface area contributed by atoms with Crippen LogP contribution in [-0.2, 0) is 0 Å². The highest BCUT2D eigenvalue weighted by atomic mass is 16.3. The van der Waals surface area contributed by atoms with Crippen LogP contribution in [0.4, 0.5) is 0 Å². The Balaban J connectivity index is 1.08. The summed E-state index contributed by atoms with van der Waals surface area (Å²) < 4.78 is 7.03. The van der Waals surface area contributed by atoms with Gasteiger partial charge in [0.1, 0.15) is 11.5 Å². The highest BCUT2D eigenvalue weighted by molar-refractivity contribution is 6.18. The van der Waals surface area contributed by atoms with E-state index in [1.165, 1.54) is 11.1 Å². The van der Waals surface area contributed by atoms with Gasteiger partial charge in [-0.15, -0.1) is 0 Å². The first-order chi connectivity index (χ1) is 30.2. The van der Waals surface area contributed by atoms with E-state index in [1.807, 2.05) is 30.3 Å². The highest BCUT2D eigenvalue weighted by Crippen LogP contribution is 2.46. The fourth-order valence-electron chi connectivity index (χ4n) is 8.28. The van der Waals surface area contributed by atoms with Gasteiger partial charge in [0.25, 0.3) is 0 Å².